The van der Waals surface area contributed by atoms with Gasteiger partial charge in [-0.2, -0.15) is 0 Å². The van der Waals surface area contributed by atoms with Gasteiger partial charge in [-0.1, -0.05) is 6.07 Å². The van der Waals surface area contributed by atoms with Crippen LogP contribution in [0.5, 0.6) is 11.5 Å². The minimum Gasteiger partial charge on any atom is -0.454 e. The molecule has 5 nitrogen and oxygen atoms in total. The molecule has 0 aromatic heterocycles. The predicted molar refractivity (Wildman–Crippen MR) is 76.1 cm³/mol. The van der Waals surface area contributed by atoms with E-state index < -0.39 is 0 Å². The highest BCUT2D eigenvalue weighted by Gasteiger charge is 2.39. The van der Waals surface area contributed by atoms with Crippen LogP contribution >= 0.6 is 0 Å². The van der Waals surface area contributed by atoms with Crippen molar-refractivity contribution in [1.29, 1.82) is 0 Å². The van der Waals surface area contributed by atoms with Crippen LogP contribution in [0.15, 0.2) is 24.3 Å². The van der Waals surface area contributed by atoms with Crippen LogP contribution in [0.4, 0.5) is 0 Å². The van der Waals surface area contributed by atoms with Crippen LogP contribution in [-0.2, 0) is 9.53 Å². The van der Waals surface area contributed by atoms with E-state index in [1.54, 1.807) is 6.08 Å². The molecule has 3 aliphatic heterocycles. The SMILES string of the molecule is O=C(/C=C/c1ccc2c(c1)OCO2)N1[C@@H]2CC[C@@H]1COC2. The van der Waals surface area contributed by atoms with E-state index in [1.165, 1.54) is 0 Å². The normalized spacial score (nSPS) is 26.6. The van der Waals surface area contributed by atoms with Crippen molar-refractivity contribution in [3.8, 4) is 11.5 Å². The molecule has 0 unspecified atom stereocenters. The number of carbonyl (C=O) groups is 1. The zero-order valence-corrected chi connectivity index (χ0v) is 11.7. The van der Waals surface area contributed by atoms with E-state index >= 15 is 0 Å². The van der Waals surface area contributed by atoms with E-state index in [0.717, 1.165) is 29.9 Å². The van der Waals surface area contributed by atoms with Crippen molar-refractivity contribution >= 4 is 12.0 Å². The van der Waals surface area contributed by atoms with Crippen LogP contribution in [0.2, 0.25) is 0 Å². The third-order valence-corrected chi connectivity index (χ3v) is 4.31. The van der Waals surface area contributed by atoms with Crippen LogP contribution in [0.25, 0.3) is 6.08 Å². The van der Waals surface area contributed by atoms with Gasteiger partial charge in [0.05, 0.1) is 25.3 Å². The molecule has 1 amide bonds. The largest absolute Gasteiger partial charge is 0.454 e. The lowest BCUT2D eigenvalue weighted by molar-refractivity contribution is -0.135. The van der Waals surface area contributed by atoms with Gasteiger partial charge < -0.3 is 19.1 Å². The summed E-state index contributed by atoms with van der Waals surface area (Å²) in [5, 5.41) is 0. The summed E-state index contributed by atoms with van der Waals surface area (Å²) >= 11 is 0. The minimum absolute atomic E-state index is 0.0727. The van der Waals surface area contributed by atoms with Gasteiger partial charge in [-0.25, -0.2) is 0 Å². The highest BCUT2D eigenvalue weighted by atomic mass is 16.7. The van der Waals surface area contributed by atoms with Gasteiger partial charge in [-0.05, 0) is 36.6 Å². The summed E-state index contributed by atoms with van der Waals surface area (Å²) in [6.45, 7) is 1.60. The van der Waals surface area contributed by atoms with E-state index in [4.69, 9.17) is 14.2 Å². The molecule has 2 bridgehead atoms. The van der Waals surface area contributed by atoms with Gasteiger partial charge in [-0.15, -0.1) is 0 Å². The van der Waals surface area contributed by atoms with Crippen molar-refractivity contribution < 1.29 is 19.0 Å². The Kier molecular flexibility index (Phi) is 3.07. The summed E-state index contributed by atoms with van der Waals surface area (Å²) < 4.78 is 16.1. The molecule has 0 saturated carbocycles. The second-order valence-electron chi connectivity index (χ2n) is 5.61. The van der Waals surface area contributed by atoms with Crippen molar-refractivity contribution in [2.75, 3.05) is 20.0 Å². The van der Waals surface area contributed by atoms with Gasteiger partial charge in [0.1, 0.15) is 0 Å². The highest BCUT2D eigenvalue weighted by Crippen LogP contribution is 2.33. The lowest BCUT2D eigenvalue weighted by atomic mass is 10.1. The van der Waals surface area contributed by atoms with E-state index in [2.05, 4.69) is 0 Å². The molecule has 0 spiro atoms. The summed E-state index contributed by atoms with van der Waals surface area (Å²) in [4.78, 5) is 14.4. The summed E-state index contributed by atoms with van der Waals surface area (Å²) in [6.07, 6.45) is 5.58. The van der Waals surface area contributed by atoms with Gasteiger partial charge in [0.2, 0.25) is 12.7 Å². The maximum absolute atomic E-state index is 12.4. The van der Waals surface area contributed by atoms with Gasteiger partial charge in [0.25, 0.3) is 0 Å². The monoisotopic (exact) mass is 287 g/mol. The number of hydrogen-bond acceptors (Lipinski definition) is 4. The zero-order chi connectivity index (χ0) is 14.2. The lowest BCUT2D eigenvalue weighted by Crippen LogP contribution is -2.48. The maximum atomic E-state index is 12.4. The summed E-state index contributed by atoms with van der Waals surface area (Å²) in [5.41, 5.74) is 0.938. The number of fused-ring (bicyclic) bond motifs is 3. The number of ether oxygens (including phenoxy) is 3. The smallest absolute Gasteiger partial charge is 0.247 e. The molecule has 2 saturated heterocycles. The molecule has 0 aliphatic carbocycles. The fourth-order valence-electron chi connectivity index (χ4n) is 3.26. The quantitative estimate of drug-likeness (QED) is 0.779. The first-order chi connectivity index (χ1) is 10.3. The van der Waals surface area contributed by atoms with Gasteiger partial charge in [-0.3, -0.25) is 4.79 Å². The van der Waals surface area contributed by atoms with Gasteiger partial charge >= 0.3 is 0 Å². The number of hydrogen-bond donors (Lipinski definition) is 0. The Morgan fingerprint density at radius 3 is 2.71 bits per heavy atom. The van der Waals surface area contributed by atoms with Crippen LogP contribution < -0.4 is 9.47 Å². The van der Waals surface area contributed by atoms with Crippen molar-refractivity contribution in [1.82, 2.24) is 4.90 Å². The number of amides is 1. The van der Waals surface area contributed by atoms with E-state index in [-0.39, 0.29) is 24.8 Å². The Labute approximate surface area is 123 Å². The van der Waals surface area contributed by atoms with Crippen molar-refractivity contribution in [2.45, 2.75) is 24.9 Å². The summed E-state index contributed by atoms with van der Waals surface area (Å²) in [5.74, 6) is 1.56. The molecular formula is C16H17NO4. The minimum atomic E-state index is 0.0727. The average Bonchev–Trinajstić information content (AvgIpc) is 3.06. The number of benzene rings is 1. The zero-order valence-electron chi connectivity index (χ0n) is 11.7. The number of rotatable bonds is 2. The molecule has 1 aromatic carbocycles. The molecule has 0 radical (unpaired) electrons. The first kappa shape index (κ1) is 12.7. The third kappa shape index (κ3) is 2.27. The number of morpholine rings is 1. The molecule has 4 rings (SSSR count). The molecule has 3 heterocycles. The fourth-order valence-corrected chi connectivity index (χ4v) is 3.26. The highest BCUT2D eigenvalue weighted by molar-refractivity contribution is 5.92. The predicted octanol–water partition coefficient (Wildman–Crippen LogP) is 1.82. The summed E-state index contributed by atoms with van der Waals surface area (Å²) in [7, 11) is 0. The molecule has 2 fully saturated rings. The first-order valence-electron chi connectivity index (χ1n) is 7.29. The molecule has 5 heteroatoms. The van der Waals surface area contributed by atoms with E-state index in [9.17, 15) is 4.79 Å². The first-order valence-corrected chi connectivity index (χ1v) is 7.29. The van der Waals surface area contributed by atoms with Gasteiger partial charge in [0, 0.05) is 6.08 Å². The van der Waals surface area contributed by atoms with Crippen molar-refractivity contribution in [2.24, 2.45) is 0 Å². The molecule has 0 N–H and O–H groups in total. The molecule has 2 atom stereocenters. The topological polar surface area (TPSA) is 48.0 Å². The second-order valence-corrected chi connectivity index (χ2v) is 5.61. The molecular weight excluding hydrogens is 270 g/mol. The van der Waals surface area contributed by atoms with Gasteiger partial charge in [0.15, 0.2) is 11.5 Å². The third-order valence-electron chi connectivity index (χ3n) is 4.31. The summed E-state index contributed by atoms with van der Waals surface area (Å²) in [6, 6.07) is 6.17. The lowest BCUT2D eigenvalue weighted by Gasteiger charge is -2.33. The second kappa shape index (κ2) is 5.07. The Hall–Kier alpha value is -2.01. The Balaban J connectivity index is 1.49. The standard InChI is InChI=1S/C16H17NO4/c18-16(17-12-3-4-13(17)9-19-8-12)6-2-11-1-5-14-15(7-11)21-10-20-14/h1-2,5-7,12-13H,3-4,8-10H2/b6-2+/t12-,13-/m1/s1. The fraction of sp³-hybridized carbons (Fsp3) is 0.438. The van der Waals surface area contributed by atoms with Crippen LogP contribution in [0, 0.1) is 0 Å². The van der Waals surface area contributed by atoms with Crippen LogP contribution in [0.1, 0.15) is 18.4 Å². The van der Waals surface area contributed by atoms with Crippen LogP contribution in [-0.4, -0.2) is 42.9 Å². The van der Waals surface area contributed by atoms with Crippen molar-refractivity contribution in [3.05, 3.63) is 29.8 Å². The molecule has 3 aliphatic rings. The average molecular weight is 287 g/mol. The Bertz CT molecular complexity index is 582. The van der Waals surface area contributed by atoms with Crippen molar-refractivity contribution in [3.63, 3.8) is 0 Å². The maximum Gasteiger partial charge on any atom is 0.247 e. The number of carbonyl (C=O) groups excluding carboxylic acids is 1. The molecule has 21 heavy (non-hydrogen) atoms. The van der Waals surface area contributed by atoms with E-state index in [1.807, 2.05) is 29.2 Å². The molecule has 110 valence electrons. The van der Waals surface area contributed by atoms with E-state index in [0.29, 0.717) is 13.2 Å². The van der Waals surface area contributed by atoms with Crippen LogP contribution in [0.3, 0.4) is 0 Å². The molecule has 1 aromatic rings. The number of nitrogens with zero attached hydrogens (tertiary/aromatic N) is 1. The Morgan fingerprint density at radius 2 is 1.90 bits per heavy atom. The Morgan fingerprint density at radius 1 is 1.14 bits per heavy atom.